The summed E-state index contributed by atoms with van der Waals surface area (Å²) >= 11 is 0. The van der Waals surface area contributed by atoms with Crippen molar-refractivity contribution in [3.05, 3.63) is 77.9 Å². The van der Waals surface area contributed by atoms with Crippen molar-refractivity contribution in [3.63, 3.8) is 0 Å². The SMILES string of the molecule is C=C/C=C(/CC)c1ccc(O)cc1C(C)CC.CC(C)=O.CCCCC(=O)C(C)(C)C.Cc1ccc(OC(F)(F)F)cc1. The molecule has 4 nitrogen and oxygen atoms in total. The number of aromatic hydroxyl groups is 1. The van der Waals surface area contributed by atoms with E-state index in [0.29, 0.717) is 17.5 Å². The van der Waals surface area contributed by atoms with Crippen LogP contribution in [-0.2, 0) is 9.59 Å². The van der Waals surface area contributed by atoms with Gasteiger partial charge in [0.05, 0.1) is 0 Å². The molecule has 0 spiro atoms. The molecular formula is C36H53F3O4. The zero-order chi connectivity index (χ0) is 33.8. The number of Topliss-reactive ketones (excluding diaryl/α,β-unsaturated/α-hetero) is 2. The van der Waals surface area contributed by atoms with Gasteiger partial charge in [-0.2, -0.15) is 0 Å². The maximum absolute atomic E-state index is 11.6. The number of ketones is 2. The van der Waals surface area contributed by atoms with Gasteiger partial charge in [0, 0.05) is 11.8 Å². The van der Waals surface area contributed by atoms with Crippen LogP contribution in [0.5, 0.6) is 11.5 Å². The van der Waals surface area contributed by atoms with Crippen LogP contribution >= 0.6 is 0 Å². The van der Waals surface area contributed by atoms with E-state index < -0.39 is 6.36 Å². The number of allylic oxidation sites excluding steroid dienone is 3. The minimum atomic E-state index is -4.60. The average Bonchev–Trinajstić information content (AvgIpc) is 2.90. The van der Waals surface area contributed by atoms with Crippen LogP contribution in [0, 0.1) is 12.3 Å². The Morgan fingerprint density at radius 2 is 1.53 bits per heavy atom. The van der Waals surface area contributed by atoms with Gasteiger partial charge >= 0.3 is 6.36 Å². The number of ether oxygens (including phenoxy) is 1. The molecule has 0 amide bonds. The van der Waals surface area contributed by atoms with Gasteiger partial charge in [-0.15, -0.1) is 13.2 Å². The number of phenolic OH excluding ortho intramolecular Hbond substituents is 1. The number of carbonyl (C=O) groups is 2. The van der Waals surface area contributed by atoms with Crippen molar-refractivity contribution in [2.24, 2.45) is 5.41 Å². The van der Waals surface area contributed by atoms with E-state index in [1.54, 1.807) is 25.1 Å². The summed E-state index contributed by atoms with van der Waals surface area (Å²) in [6.45, 7) is 23.1. The molecule has 242 valence electrons. The molecular weight excluding hydrogens is 553 g/mol. The number of aryl methyl sites for hydroxylation is 1. The molecule has 43 heavy (non-hydrogen) atoms. The molecule has 2 rings (SSSR count). The molecule has 0 saturated heterocycles. The molecule has 0 aliphatic heterocycles. The lowest BCUT2D eigenvalue weighted by atomic mass is 9.88. The van der Waals surface area contributed by atoms with Crippen molar-refractivity contribution in [1.82, 2.24) is 0 Å². The van der Waals surface area contributed by atoms with Crippen molar-refractivity contribution in [3.8, 4) is 11.5 Å². The molecule has 0 bridgehead atoms. The minimum Gasteiger partial charge on any atom is -0.508 e. The van der Waals surface area contributed by atoms with Crippen molar-refractivity contribution >= 4 is 17.1 Å². The zero-order valence-electron chi connectivity index (χ0n) is 27.8. The number of benzene rings is 2. The van der Waals surface area contributed by atoms with Crippen molar-refractivity contribution in [2.75, 3.05) is 0 Å². The normalized spacial score (nSPS) is 11.8. The van der Waals surface area contributed by atoms with E-state index in [4.69, 9.17) is 0 Å². The summed E-state index contributed by atoms with van der Waals surface area (Å²) in [4.78, 5) is 20.7. The van der Waals surface area contributed by atoms with Crippen LogP contribution in [0.3, 0.4) is 0 Å². The summed E-state index contributed by atoms with van der Waals surface area (Å²) in [5.41, 5.74) is 4.50. The molecule has 1 atom stereocenters. The fraction of sp³-hybridized carbons (Fsp3) is 0.500. The molecule has 0 saturated carbocycles. The highest BCUT2D eigenvalue weighted by molar-refractivity contribution is 5.83. The third-order valence-corrected chi connectivity index (χ3v) is 6.07. The minimum absolute atomic E-state index is 0.130. The molecule has 0 aliphatic carbocycles. The zero-order valence-corrected chi connectivity index (χ0v) is 27.8. The van der Waals surface area contributed by atoms with Crippen LogP contribution in [0.4, 0.5) is 13.2 Å². The monoisotopic (exact) mass is 606 g/mol. The molecule has 7 heteroatoms. The summed E-state index contributed by atoms with van der Waals surface area (Å²) in [7, 11) is 0. The van der Waals surface area contributed by atoms with E-state index in [9.17, 15) is 27.9 Å². The average molecular weight is 607 g/mol. The fourth-order valence-corrected chi connectivity index (χ4v) is 3.46. The lowest BCUT2D eigenvalue weighted by molar-refractivity contribution is -0.274. The Morgan fingerprint density at radius 1 is 1.00 bits per heavy atom. The Balaban J connectivity index is 0. The first-order valence-corrected chi connectivity index (χ1v) is 14.8. The summed E-state index contributed by atoms with van der Waals surface area (Å²) in [5, 5.41) is 9.63. The first-order chi connectivity index (χ1) is 19.8. The maximum Gasteiger partial charge on any atom is 0.573 e. The van der Waals surface area contributed by atoms with Gasteiger partial charge in [0.1, 0.15) is 23.1 Å². The van der Waals surface area contributed by atoms with Crippen molar-refractivity contribution in [1.29, 1.82) is 0 Å². The highest BCUT2D eigenvalue weighted by Crippen LogP contribution is 2.32. The molecule has 1 unspecified atom stereocenters. The Labute approximate surface area is 258 Å². The third kappa shape index (κ3) is 21.1. The standard InChI is InChI=1S/C16H22O.C9H18O.C8H7F3O.C3H6O/c1-5-8-13(7-3)15-10-9-14(17)11-16(15)12(4)6-2;1-5-6-7-8(10)9(2,3)4;1-6-2-4-7(5-3-6)12-8(9,10)11;1-3(2)4/h5,8-12,17H,1,6-7H2,2-4H3;5-7H2,1-4H3;2-5H,1H3;1-2H3/b13-8-;;;. The number of alkyl halides is 3. The van der Waals surface area contributed by atoms with Gasteiger partial charge in [0.25, 0.3) is 0 Å². The number of hydrogen-bond acceptors (Lipinski definition) is 4. The van der Waals surface area contributed by atoms with Crippen LogP contribution in [-0.4, -0.2) is 23.0 Å². The quantitative estimate of drug-likeness (QED) is 0.288. The predicted octanol–water partition coefficient (Wildman–Crippen LogP) is 11.2. The summed E-state index contributed by atoms with van der Waals surface area (Å²) in [5.74, 6) is 1.16. The van der Waals surface area contributed by atoms with E-state index in [0.717, 1.165) is 37.7 Å². The Hall–Kier alpha value is -3.35. The third-order valence-electron chi connectivity index (χ3n) is 6.07. The van der Waals surface area contributed by atoms with Gasteiger partial charge in [0.15, 0.2) is 0 Å². The molecule has 0 aromatic heterocycles. The Kier molecular flexibility index (Phi) is 20.8. The van der Waals surface area contributed by atoms with Gasteiger partial charge in [-0.1, -0.05) is 97.4 Å². The summed E-state index contributed by atoms with van der Waals surface area (Å²) in [6, 6.07) is 11.3. The van der Waals surface area contributed by atoms with E-state index in [-0.39, 0.29) is 16.9 Å². The van der Waals surface area contributed by atoms with Gasteiger partial charge in [-0.3, -0.25) is 4.79 Å². The molecule has 1 N–H and O–H groups in total. The molecule has 0 radical (unpaired) electrons. The van der Waals surface area contributed by atoms with Crippen molar-refractivity contribution < 1.29 is 32.6 Å². The van der Waals surface area contributed by atoms with Crippen LogP contribution in [0.2, 0.25) is 0 Å². The second kappa shape index (κ2) is 21.4. The molecule has 0 fully saturated rings. The smallest absolute Gasteiger partial charge is 0.508 e. The van der Waals surface area contributed by atoms with E-state index >= 15 is 0 Å². The van der Waals surface area contributed by atoms with E-state index in [1.807, 2.05) is 39.0 Å². The first-order valence-electron chi connectivity index (χ1n) is 14.8. The molecule has 2 aromatic rings. The Bertz CT molecular complexity index is 1120. The van der Waals surface area contributed by atoms with Gasteiger partial charge in [-0.25, -0.2) is 0 Å². The maximum atomic E-state index is 11.6. The van der Waals surface area contributed by atoms with E-state index in [1.165, 1.54) is 42.7 Å². The number of phenols is 1. The largest absolute Gasteiger partial charge is 0.573 e. The topological polar surface area (TPSA) is 63.6 Å². The number of halogens is 3. The summed E-state index contributed by atoms with van der Waals surface area (Å²) in [6.07, 6.45) is 4.22. The second-order valence-electron chi connectivity index (χ2n) is 11.4. The van der Waals surface area contributed by atoms with Gasteiger partial charge < -0.3 is 14.6 Å². The fourth-order valence-electron chi connectivity index (χ4n) is 3.46. The highest BCUT2D eigenvalue weighted by Gasteiger charge is 2.30. The lowest BCUT2D eigenvalue weighted by Gasteiger charge is -2.17. The summed E-state index contributed by atoms with van der Waals surface area (Å²) < 4.78 is 38.5. The number of carbonyl (C=O) groups excluding carboxylic acids is 2. The lowest BCUT2D eigenvalue weighted by Crippen LogP contribution is -2.19. The molecule has 0 heterocycles. The van der Waals surface area contributed by atoms with Gasteiger partial charge in [-0.05, 0) is 86.9 Å². The molecule has 0 aliphatic rings. The molecule has 2 aromatic carbocycles. The van der Waals surface area contributed by atoms with Crippen molar-refractivity contribution in [2.45, 2.75) is 114 Å². The van der Waals surface area contributed by atoms with Crippen LogP contribution in [0.15, 0.2) is 61.2 Å². The Morgan fingerprint density at radius 3 is 1.93 bits per heavy atom. The van der Waals surface area contributed by atoms with Gasteiger partial charge in [0.2, 0.25) is 0 Å². The second-order valence-corrected chi connectivity index (χ2v) is 11.4. The van der Waals surface area contributed by atoms with E-state index in [2.05, 4.69) is 45.1 Å². The highest BCUT2D eigenvalue weighted by atomic mass is 19.4. The number of hydrogen-bond donors (Lipinski definition) is 1. The van der Waals surface area contributed by atoms with Crippen LogP contribution in [0.1, 0.15) is 117 Å². The predicted molar refractivity (Wildman–Crippen MR) is 173 cm³/mol. The first kappa shape index (κ1) is 41.8. The number of unbranched alkanes of at least 4 members (excludes halogenated alkanes) is 1. The van der Waals surface area contributed by atoms with Crippen LogP contribution in [0.25, 0.3) is 5.57 Å². The number of rotatable bonds is 9. The van der Waals surface area contributed by atoms with Crippen LogP contribution < -0.4 is 4.74 Å².